The lowest BCUT2D eigenvalue weighted by Gasteiger charge is -2.35. The van der Waals surface area contributed by atoms with E-state index in [2.05, 4.69) is 18.2 Å². The predicted octanol–water partition coefficient (Wildman–Crippen LogP) is 2.36. The topological polar surface area (TPSA) is 43.8 Å². The quantitative estimate of drug-likeness (QED) is 0.870. The lowest BCUT2D eigenvalue weighted by atomic mass is 9.71. The highest BCUT2D eigenvalue weighted by Gasteiger charge is 2.29. The average molecular weight is 235 g/mol. The predicted molar refractivity (Wildman–Crippen MR) is 70.6 cm³/mol. The number of nitrogens with two attached hydrogens (primary N) is 1. The summed E-state index contributed by atoms with van der Waals surface area (Å²) in [6, 6.07) is 0. The van der Waals surface area contributed by atoms with Crippen LogP contribution in [0, 0.1) is 17.8 Å². The first kappa shape index (κ1) is 12.6. The van der Waals surface area contributed by atoms with E-state index in [9.17, 15) is 0 Å². The molecular weight excluding hydrogens is 210 g/mol. The molecule has 3 atom stereocenters. The molecule has 0 radical (unpaired) electrons. The van der Waals surface area contributed by atoms with Crippen molar-refractivity contribution in [3.8, 4) is 0 Å². The number of rotatable bonds is 4. The standard InChI is InChI=1S/C14H25N3/c1-3-11-4-5-13(8-15)14(6-11)7-12-9-16-17(2)10-12/h9-11,13-14H,3-8,15H2,1-2H3. The number of hydrogen-bond acceptors (Lipinski definition) is 2. The molecule has 2 N–H and O–H groups in total. The molecule has 3 heteroatoms. The number of aromatic nitrogens is 2. The molecule has 1 aliphatic rings. The maximum absolute atomic E-state index is 5.92. The summed E-state index contributed by atoms with van der Waals surface area (Å²) in [5, 5.41) is 4.26. The Balaban J connectivity index is 2.00. The lowest BCUT2D eigenvalue weighted by Crippen LogP contribution is -2.31. The van der Waals surface area contributed by atoms with Gasteiger partial charge in [-0.3, -0.25) is 4.68 Å². The molecule has 96 valence electrons. The van der Waals surface area contributed by atoms with Crippen molar-refractivity contribution in [2.45, 2.75) is 39.0 Å². The van der Waals surface area contributed by atoms with Crippen LogP contribution >= 0.6 is 0 Å². The summed E-state index contributed by atoms with van der Waals surface area (Å²) in [5.74, 6) is 2.40. The van der Waals surface area contributed by atoms with Crippen LogP contribution in [0.2, 0.25) is 0 Å². The Morgan fingerprint density at radius 2 is 2.24 bits per heavy atom. The van der Waals surface area contributed by atoms with Crippen LogP contribution in [0.25, 0.3) is 0 Å². The third kappa shape index (κ3) is 3.09. The normalized spacial score (nSPS) is 29.5. The van der Waals surface area contributed by atoms with Gasteiger partial charge in [0.1, 0.15) is 0 Å². The summed E-state index contributed by atoms with van der Waals surface area (Å²) in [4.78, 5) is 0. The fourth-order valence-electron chi connectivity index (χ4n) is 3.24. The summed E-state index contributed by atoms with van der Waals surface area (Å²) in [6.07, 6.45) is 10.7. The molecule has 17 heavy (non-hydrogen) atoms. The fraction of sp³-hybridized carbons (Fsp3) is 0.786. The zero-order chi connectivity index (χ0) is 12.3. The summed E-state index contributed by atoms with van der Waals surface area (Å²) < 4.78 is 1.90. The summed E-state index contributed by atoms with van der Waals surface area (Å²) in [6.45, 7) is 3.16. The van der Waals surface area contributed by atoms with Gasteiger partial charge in [-0.1, -0.05) is 19.8 Å². The molecule has 2 rings (SSSR count). The second-order valence-electron chi connectivity index (χ2n) is 5.57. The van der Waals surface area contributed by atoms with Gasteiger partial charge >= 0.3 is 0 Å². The first-order valence-corrected chi connectivity index (χ1v) is 6.90. The van der Waals surface area contributed by atoms with Gasteiger partial charge in [0.25, 0.3) is 0 Å². The maximum Gasteiger partial charge on any atom is 0.0521 e. The van der Waals surface area contributed by atoms with Crippen LogP contribution in [0.4, 0.5) is 0 Å². The Kier molecular flexibility index (Phi) is 4.21. The van der Waals surface area contributed by atoms with Gasteiger partial charge in [-0.05, 0) is 49.1 Å². The molecule has 3 nitrogen and oxygen atoms in total. The molecule has 0 spiro atoms. The van der Waals surface area contributed by atoms with Gasteiger partial charge in [0, 0.05) is 13.2 Å². The first-order valence-electron chi connectivity index (χ1n) is 6.90. The average Bonchev–Trinajstić information content (AvgIpc) is 2.74. The molecule has 0 aromatic carbocycles. The van der Waals surface area contributed by atoms with Gasteiger partial charge in [0.15, 0.2) is 0 Å². The molecule has 1 heterocycles. The van der Waals surface area contributed by atoms with Gasteiger partial charge in [-0.25, -0.2) is 0 Å². The Hall–Kier alpha value is -0.830. The zero-order valence-corrected chi connectivity index (χ0v) is 11.1. The monoisotopic (exact) mass is 235 g/mol. The van der Waals surface area contributed by atoms with E-state index < -0.39 is 0 Å². The van der Waals surface area contributed by atoms with E-state index in [0.29, 0.717) is 0 Å². The molecule has 1 fully saturated rings. The van der Waals surface area contributed by atoms with E-state index in [1.54, 1.807) is 0 Å². The highest BCUT2D eigenvalue weighted by molar-refractivity contribution is 5.06. The van der Waals surface area contributed by atoms with Gasteiger partial charge in [0.05, 0.1) is 6.20 Å². The minimum Gasteiger partial charge on any atom is -0.330 e. The van der Waals surface area contributed by atoms with Crippen LogP contribution in [-0.2, 0) is 13.5 Å². The van der Waals surface area contributed by atoms with Gasteiger partial charge in [-0.15, -0.1) is 0 Å². The first-order chi connectivity index (χ1) is 8.22. The molecule has 0 saturated heterocycles. The maximum atomic E-state index is 5.92. The molecule has 1 aromatic heterocycles. The van der Waals surface area contributed by atoms with Crippen molar-refractivity contribution < 1.29 is 0 Å². The summed E-state index contributed by atoms with van der Waals surface area (Å²) >= 11 is 0. The Bertz CT molecular complexity index is 345. The number of aryl methyl sites for hydroxylation is 1. The zero-order valence-electron chi connectivity index (χ0n) is 11.1. The van der Waals surface area contributed by atoms with Crippen molar-refractivity contribution in [2.24, 2.45) is 30.5 Å². The molecule has 1 aliphatic carbocycles. The summed E-state index contributed by atoms with van der Waals surface area (Å²) in [5.41, 5.74) is 7.29. The van der Waals surface area contributed by atoms with E-state index in [-0.39, 0.29) is 0 Å². The van der Waals surface area contributed by atoms with Gasteiger partial charge in [-0.2, -0.15) is 5.10 Å². The summed E-state index contributed by atoms with van der Waals surface area (Å²) in [7, 11) is 1.99. The third-order valence-corrected chi connectivity index (χ3v) is 4.38. The Morgan fingerprint density at radius 3 is 2.82 bits per heavy atom. The van der Waals surface area contributed by atoms with E-state index in [1.165, 1.54) is 31.2 Å². The van der Waals surface area contributed by atoms with Gasteiger partial charge < -0.3 is 5.73 Å². The molecule has 3 unspecified atom stereocenters. The largest absolute Gasteiger partial charge is 0.330 e. The van der Waals surface area contributed by atoms with E-state index in [0.717, 1.165) is 30.7 Å². The van der Waals surface area contributed by atoms with Gasteiger partial charge in [0.2, 0.25) is 0 Å². The second-order valence-corrected chi connectivity index (χ2v) is 5.57. The number of nitrogens with zero attached hydrogens (tertiary/aromatic N) is 2. The molecule has 1 saturated carbocycles. The molecule has 0 bridgehead atoms. The smallest absolute Gasteiger partial charge is 0.0521 e. The molecule has 0 amide bonds. The second kappa shape index (κ2) is 5.67. The van der Waals surface area contributed by atoms with Crippen LogP contribution in [0.1, 0.15) is 38.2 Å². The number of hydrogen-bond donors (Lipinski definition) is 1. The minimum atomic E-state index is 0.720. The van der Waals surface area contributed by atoms with Crippen molar-refractivity contribution in [3.63, 3.8) is 0 Å². The van der Waals surface area contributed by atoms with Crippen molar-refractivity contribution in [2.75, 3.05) is 6.54 Å². The highest BCUT2D eigenvalue weighted by Crippen LogP contribution is 2.36. The minimum absolute atomic E-state index is 0.720. The van der Waals surface area contributed by atoms with Crippen LogP contribution in [-0.4, -0.2) is 16.3 Å². The Labute approximate surface area is 104 Å². The van der Waals surface area contributed by atoms with Crippen LogP contribution in [0.3, 0.4) is 0 Å². The van der Waals surface area contributed by atoms with E-state index in [1.807, 2.05) is 17.9 Å². The molecular formula is C14H25N3. The lowest BCUT2D eigenvalue weighted by molar-refractivity contribution is 0.180. The fourth-order valence-corrected chi connectivity index (χ4v) is 3.24. The molecule has 0 aliphatic heterocycles. The van der Waals surface area contributed by atoms with Crippen LogP contribution in [0.15, 0.2) is 12.4 Å². The van der Waals surface area contributed by atoms with Crippen molar-refractivity contribution in [1.82, 2.24) is 9.78 Å². The SMILES string of the molecule is CCC1CCC(CN)C(Cc2cnn(C)c2)C1. The van der Waals surface area contributed by atoms with E-state index >= 15 is 0 Å². The highest BCUT2D eigenvalue weighted by atomic mass is 15.2. The van der Waals surface area contributed by atoms with Crippen molar-refractivity contribution in [1.29, 1.82) is 0 Å². The van der Waals surface area contributed by atoms with E-state index in [4.69, 9.17) is 5.73 Å². The van der Waals surface area contributed by atoms with Crippen molar-refractivity contribution >= 4 is 0 Å². The van der Waals surface area contributed by atoms with Crippen LogP contribution < -0.4 is 5.73 Å². The van der Waals surface area contributed by atoms with Crippen LogP contribution in [0.5, 0.6) is 0 Å². The Morgan fingerprint density at radius 1 is 1.41 bits per heavy atom. The molecule has 1 aromatic rings. The van der Waals surface area contributed by atoms with Crippen molar-refractivity contribution in [3.05, 3.63) is 18.0 Å². The third-order valence-electron chi connectivity index (χ3n) is 4.38.